The number of esters is 1. The van der Waals surface area contributed by atoms with Gasteiger partial charge in [-0.05, 0) is 18.4 Å². The molecular weight excluding hydrogens is 200 g/mol. The highest BCUT2D eigenvalue weighted by atomic mass is 16.5. The van der Waals surface area contributed by atoms with Crippen LogP contribution in [-0.4, -0.2) is 13.1 Å². The van der Waals surface area contributed by atoms with Crippen LogP contribution in [0.1, 0.15) is 24.3 Å². The summed E-state index contributed by atoms with van der Waals surface area (Å²) in [6, 6.07) is 10.1. The summed E-state index contributed by atoms with van der Waals surface area (Å²) in [6.07, 6.45) is 3.37. The maximum Gasteiger partial charge on any atom is 0.312 e. The van der Waals surface area contributed by atoms with Crippen LogP contribution in [0.4, 0.5) is 0 Å². The molecule has 1 aromatic rings. The van der Waals surface area contributed by atoms with Gasteiger partial charge in [-0.2, -0.15) is 0 Å². The van der Waals surface area contributed by atoms with Gasteiger partial charge in [0.05, 0.1) is 12.5 Å². The van der Waals surface area contributed by atoms with Crippen LogP contribution in [0.15, 0.2) is 43.0 Å². The molecule has 2 rings (SSSR count). The molecule has 0 bridgehead atoms. The highest BCUT2D eigenvalue weighted by Crippen LogP contribution is 2.62. The molecule has 1 saturated carbocycles. The van der Waals surface area contributed by atoms with E-state index < -0.39 is 0 Å². The molecule has 84 valence electrons. The van der Waals surface area contributed by atoms with E-state index in [2.05, 4.69) is 18.7 Å². The second kappa shape index (κ2) is 4.12. The summed E-state index contributed by atoms with van der Waals surface area (Å²) in [7, 11) is 1.45. The van der Waals surface area contributed by atoms with Gasteiger partial charge in [0.1, 0.15) is 0 Å². The third-order valence-corrected chi connectivity index (χ3v) is 3.38. The Kier molecular flexibility index (Phi) is 2.82. The lowest BCUT2D eigenvalue weighted by Crippen LogP contribution is -2.18. The molecule has 0 amide bonds. The minimum atomic E-state index is -0.349. The quantitative estimate of drug-likeness (QED) is 0.571. The van der Waals surface area contributed by atoms with E-state index in [1.165, 1.54) is 12.7 Å². The average molecular weight is 216 g/mol. The first-order valence-electron chi connectivity index (χ1n) is 5.49. The van der Waals surface area contributed by atoms with Crippen molar-refractivity contribution in [2.75, 3.05) is 7.11 Å². The number of hydrogen-bond acceptors (Lipinski definition) is 2. The zero-order chi connectivity index (χ0) is 11.6. The fraction of sp³-hybridized carbons (Fsp3) is 0.357. The predicted molar refractivity (Wildman–Crippen MR) is 63.1 cm³/mol. The summed E-state index contributed by atoms with van der Waals surface area (Å²) in [6.45, 7) is 3.72. The number of benzene rings is 1. The number of hydrogen-bond donors (Lipinski definition) is 0. The van der Waals surface area contributed by atoms with Crippen LogP contribution in [0.5, 0.6) is 0 Å². The second-order valence-electron chi connectivity index (χ2n) is 4.31. The van der Waals surface area contributed by atoms with E-state index >= 15 is 0 Å². The first-order chi connectivity index (χ1) is 7.74. The topological polar surface area (TPSA) is 26.3 Å². The minimum Gasteiger partial charge on any atom is -0.469 e. The lowest BCUT2D eigenvalue weighted by Gasteiger charge is -2.12. The average Bonchev–Trinajstić information content (AvgIpc) is 3.05. The van der Waals surface area contributed by atoms with Crippen molar-refractivity contribution in [2.24, 2.45) is 5.41 Å². The third kappa shape index (κ3) is 1.64. The van der Waals surface area contributed by atoms with Gasteiger partial charge in [-0.25, -0.2) is 0 Å². The van der Waals surface area contributed by atoms with Gasteiger partial charge >= 0.3 is 5.97 Å². The maximum atomic E-state index is 11.8. The standard InChI is InChI=1S/C14H16O2/c1-3-9-14(13(15)16-2)10-12(14)11-7-5-4-6-8-11/h3-8,12H,1,9-10H2,2H3/t12-,14-/m1/s1. The molecule has 1 aliphatic carbocycles. The Labute approximate surface area is 95.9 Å². The van der Waals surface area contributed by atoms with E-state index in [4.69, 9.17) is 4.74 Å². The lowest BCUT2D eigenvalue weighted by molar-refractivity contribution is -0.147. The largest absolute Gasteiger partial charge is 0.469 e. The zero-order valence-electron chi connectivity index (χ0n) is 9.48. The molecule has 2 nitrogen and oxygen atoms in total. The summed E-state index contributed by atoms with van der Waals surface area (Å²) >= 11 is 0. The molecule has 0 saturated heterocycles. The Bertz CT molecular complexity index is 396. The van der Waals surface area contributed by atoms with Crippen LogP contribution >= 0.6 is 0 Å². The number of carbonyl (C=O) groups excluding carboxylic acids is 1. The molecule has 1 aromatic carbocycles. The molecule has 0 aromatic heterocycles. The highest BCUT2D eigenvalue weighted by molar-refractivity contribution is 5.82. The van der Waals surface area contributed by atoms with Gasteiger partial charge < -0.3 is 4.74 Å². The van der Waals surface area contributed by atoms with E-state index in [0.29, 0.717) is 12.3 Å². The van der Waals surface area contributed by atoms with Gasteiger partial charge in [-0.1, -0.05) is 36.4 Å². The minimum absolute atomic E-state index is 0.110. The molecule has 0 unspecified atom stereocenters. The third-order valence-electron chi connectivity index (χ3n) is 3.38. The molecule has 0 aliphatic heterocycles. The Morgan fingerprint density at radius 3 is 2.81 bits per heavy atom. The van der Waals surface area contributed by atoms with Crippen LogP contribution < -0.4 is 0 Å². The molecule has 1 aliphatic rings. The van der Waals surface area contributed by atoms with Crippen molar-refractivity contribution >= 4 is 5.97 Å². The van der Waals surface area contributed by atoms with E-state index in [9.17, 15) is 4.79 Å². The van der Waals surface area contributed by atoms with E-state index in [-0.39, 0.29) is 11.4 Å². The summed E-state index contributed by atoms with van der Waals surface area (Å²) < 4.78 is 4.90. The highest BCUT2D eigenvalue weighted by Gasteiger charge is 2.60. The SMILES string of the molecule is C=CC[C@@]1(C(=O)OC)C[C@@H]1c1ccccc1. The zero-order valence-corrected chi connectivity index (χ0v) is 9.48. The van der Waals surface area contributed by atoms with Crippen molar-refractivity contribution in [3.8, 4) is 0 Å². The number of carbonyl (C=O) groups is 1. The normalized spacial score (nSPS) is 27.2. The van der Waals surface area contributed by atoms with E-state index in [1.54, 1.807) is 6.08 Å². The summed E-state index contributed by atoms with van der Waals surface area (Å²) in [5, 5.41) is 0. The summed E-state index contributed by atoms with van der Waals surface area (Å²) in [5.74, 6) is 0.181. The number of allylic oxidation sites excluding steroid dienone is 1. The monoisotopic (exact) mass is 216 g/mol. The van der Waals surface area contributed by atoms with Crippen LogP contribution in [0.25, 0.3) is 0 Å². The Morgan fingerprint density at radius 1 is 1.56 bits per heavy atom. The van der Waals surface area contributed by atoms with Gasteiger partial charge in [0.15, 0.2) is 0 Å². The Morgan fingerprint density at radius 2 is 2.25 bits per heavy atom. The molecular formula is C14H16O2. The van der Waals surface area contributed by atoms with Gasteiger partial charge in [0.25, 0.3) is 0 Å². The van der Waals surface area contributed by atoms with Crippen molar-refractivity contribution in [2.45, 2.75) is 18.8 Å². The van der Waals surface area contributed by atoms with Crippen LogP contribution in [0.3, 0.4) is 0 Å². The van der Waals surface area contributed by atoms with E-state index in [1.807, 2.05) is 18.2 Å². The molecule has 2 heteroatoms. The van der Waals surface area contributed by atoms with Gasteiger partial charge in [-0.3, -0.25) is 4.79 Å². The van der Waals surface area contributed by atoms with Crippen LogP contribution in [-0.2, 0) is 9.53 Å². The molecule has 2 atom stereocenters. The van der Waals surface area contributed by atoms with Gasteiger partial charge in [0.2, 0.25) is 0 Å². The van der Waals surface area contributed by atoms with Crippen molar-refractivity contribution in [3.05, 3.63) is 48.6 Å². The molecule has 1 fully saturated rings. The van der Waals surface area contributed by atoms with E-state index in [0.717, 1.165) is 6.42 Å². The van der Waals surface area contributed by atoms with Crippen molar-refractivity contribution in [1.82, 2.24) is 0 Å². The van der Waals surface area contributed by atoms with Crippen molar-refractivity contribution in [3.63, 3.8) is 0 Å². The van der Waals surface area contributed by atoms with Crippen molar-refractivity contribution in [1.29, 1.82) is 0 Å². The van der Waals surface area contributed by atoms with Crippen LogP contribution in [0.2, 0.25) is 0 Å². The molecule has 0 spiro atoms. The van der Waals surface area contributed by atoms with Crippen molar-refractivity contribution < 1.29 is 9.53 Å². The fourth-order valence-corrected chi connectivity index (χ4v) is 2.42. The summed E-state index contributed by atoms with van der Waals surface area (Å²) in [5.41, 5.74) is 0.868. The predicted octanol–water partition coefficient (Wildman–Crippen LogP) is 2.91. The number of methoxy groups -OCH3 is 1. The Hall–Kier alpha value is -1.57. The number of ether oxygens (including phenoxy) is 1. The molecule has 0 heterocycles. The molecule has 16 heavy (non-hydrogen) atoms. The fourth-order valence-electron chi connectivity index (χ4n) is 2.42. The first-order valence-corrected chi connectivity index (χ1v) is 5.49. The maximum absolute atomic E-state index is 11.8. The number of rotatable bonds is 4. The summed E-state index contributed by atoms with van der Waals surface area (Å²) in [4.78, 5) is 11.8. The lowest BCUT2D eigenvalue weighted by atomic mass is 9.95. The molecule has 0 radical (unpaired) electrons. The first kappa shape index (κ1) is 10.9. The van der Waals surface area contributed by atoms with Gasteiger partial charge in [0, 0.05) is 5.92 Å². The Balaban J connectivity index is 2.22. The second-order valence-corrected chi connectivity index (χ2v) is 4.31. The van der Waals surface area contributed by atoms with Gasteiger partial charge in [-0.15, -0.1) is 6.58 Å². The smallest absolute Gasteiger partial charge is 0.312 e. The molecule has 0 N–H and O–H groups in total. The van der Waals surface area contributed by atoms with Crippen LogP contribution in [0, 0.1) is 5.41 Å².